The van der Waals surface area contributed by atoms with Crippen LogP contribution in [0.4, 0.5) is 23.8 Å². The van der Waals surface area contributed by atoms with Crippen molar-refractivity contribution < 1.29 is 18.0 Å². The van der Waals surface area contributed by atoms with Gasteiger partial charge in [-0.1, -0.05) is 23.7 Å². The van der Waals surface area contributed by atoms with Gasteiger partial charge >= 0.3 is 12.2 Å². The molecule has 0 atom stereocenters. The number of halogens is 4. The predicted molar refractivity (Wildman–Crippen MR) is 131 cm³/mol. The third-order valence-corrected chi connectivity index (χ3v) is 6.82. The molecule has 4 heterocycles. The largest absolute Gasteiger partial charge is 0.416 e. The van der Waals surface area contributed by atoms with Crippen LogP contribution in [0.15, 0.2) is 48.9 Å². The topological polar surface area (TPSA) is 65.5 Å². The van der Waals surface area contributed by atoms with Gasteiger partial charge in [0.1, 0.15) is 11.5 Å². The van der Waals surface area contributed by atoms with Gasteiger partial charge < -0.3 is 14.7 Å². The van der Waals surface area contributed by atoms with Gasteiger partial charge in [-0.3, -0.25) is 9.97 Å². The van der Waals surface area contributed by atoms with E-state index < -0.39 is 11.7 Å². The van der Waals surface area contributed by atoms with Crippen LogP contribution in [-0.2, 0) is 6.18 Å². The number of pyridine rings is 1. The zero-order valence-electron chi connectivity index (χ0n) is 19.4. The maximum absolute atomic E-state index is 13.1. The second-order valence-electron chi connectivity index (χ2n) is 8.81. The summed E-state index contributed by atoms with van der Waals surface area (Å²) in [6.07, 6.45) is 2.35. The molecule has 36 heavy (non-hydrogen) atoms. The number of carbonyl (C=O) groups is 1. The molecule has 2 saturated heterocycles. The molecular formula is C25H24ClF3N6O. The van der Waals surface area contributed by atoms with Gasteiger partial charge in [-0.05, 0) is 31.0 Å². The van der Waals surface area contributed by atoms with Crippen LogP contribution < -0.4 is 4.90 Å². The molecule has 0 unspecified atom stereocenters. The van der Waals surface area contributed by atoms with E-state index in [1.807, 2.05) is 9.80 Å². The molecule has 2 fully saturated rings. The fourth-order valence-corrected chi connectivity index (χ4v) is 4.76. The van der Waals surface area contributed by atoms with Crippen LogP contribution in [0.25, 0.3) is 22.5 Å². The number of urea groups is 1. The number of amides is 2. The molecule has 1 aromatic carbocycles. The fourth-order valence-electron chi connectivity index (χ4n) is 4.55. The Labute approximate surface area is 211 Å². The number of benzene rings is 1. The second-order valence-corrected chi connectivity index (χ2v) is 9.21. The van der Waals surface area contributed by atoms with Crippen LogP contribution >= 0.6 is 11.6 Å². The standard InChI is InChI=1S/C25H24ClF3N6O/c26-20-15-30-8-7-19(20)23-22(17-3-5-18(6-4-17)25(27,28)29)31-16-21(32-23)33-11-13-35(14-12-33)24(36)34-9-1-2-10-34/h3-8,15-16H,1-2,9-14H2. The summed E-state index contributed by atoms with van der Waals surface area (Å²) >= 11 is 6.42. The number of carbonyl (C=O) groups excluding carboxylic acids is 1. The first-order valence-corrected chi connectivity index (χ1v) is 12.1. The van der Waals surface area contributed by atoms with Crippen molar-refractivity contribution in [2.45, 2.75) is 19.0 Å². The average Bonchev–Trinajstić information content (AvgIpc) is 3.43. The van der Waals surface area contributed by atoms with Crippen molar-refractivity contribution in [2.75, 3.05) is 44.2 Å². The molecule has 2 aliphatic heterocycles. The van der Waals surface area contributed by atoms with E-state index in [1.165, 1.54) is 18.3 Å². The lowest BCUT2D eigenvalue weighted by molar-refractivity contribution is -0.137. The zero-order chi connectivity index (χ0) is 25.3. The van der Waals surface area contributed by atoms with E-state index in [4.69, 9.17) is 16.6 Å². The van der Waals surface area contributed by atoms with Crippen LogP contribution in [0.5, 0.6) is 0 Å². The smallest absolute Gasteiger partial charge is 0.352 e. The maximum Gasteiger partial charge on any atom is 0.416 e. The van der Waals surface area contributed by atoms with E-state index in [0.29, 0.717) is 59.5 Å². The lowest BCUT2D eigenvalue weighted by Gasteiger charge is -2.37. The molecule has 3 aromatic rings. The lowest BCUT2D eigenvalue weighted by atomic mass is 10.0. The van der Waals surface area contributed by atoms with Gasteiger partial charge in [0.05, 0.1) is 22.5 Å². The zero-order valence-corrected chi connectivity index (χ0v) is 20.1. The SMILES string of the molecule is O=C(N1CCCC1)N1CCN(c2cnc(-c3ccc(C(F)(F)F)cc3)c(-c3ccncc3Cl)n2)CC1. The van der Waals surface area contributed by atoms with E-state index in [1.54, 1.807) is 18.5 Å². The molecule has 7 nitrogen and oxygen atoms in total. The Hall–Kier alpha value is -3.40. The minimum absolute atomic E-state index is 0.0835. The molecule has 5 rings (SSSR count). The van der Waals surface area contributed by atoms with Gasteiger partial charge in [0.2, 0.25) is 0 Å². The van der Waals surface area contributed by atoms with Crippen molar-refractivity contribution in [1.82, 2.24) is 24.8 Å². The molecule has 0 N–H and O–H groups in total. The fraction of sp³-hybridized carbons (Fsp3) is 0.360. The number of likely N-dealkylation sites (tertiary alicyclic amines) is 1. The van der Waals surface area contributed by atoms with Crippen LogP contribution in [0, 0.1) is 0 Å². The predicted octanol–water partition coefficient (Wildman–Crippen LogP) is 5.22. The monoisotopic (exact) mass is 516 g/mol. The summed E-state index contributed by atoms with van der Waals surface area (Å²) in [5.74, 6) is 0.613. The number of anilines is 1. The van der Waals surface area contributed by atoms with E-state index in [9.17, 15) is 18.0 Å². The Bertz CT molecular complexity index is 1240. The van der Waals surface area contributed by atoms with Gasteiger partial charge in [-0.25, -0.2) is 9.78 Å². The molecule has 0 radical (unpaired) electrons. The van der Waals surface area contributed by atoms with E-state index >= 15 is 0 Å². The summed E-state index contributed by atoms with van der Waals surface area (Å²) in [7, 11) is 0. The van der Waals surface area contributed by atoms with Gasteiger partial charge in [0.15, 0.2) is 0 Å². The minimum atomic E-state index is -4.43. The third kappa shape index (κ3) is 4.95. The highest BCUT2D eigenvalue weighted by atomic mass is 35.5. The molecule has 11 heteroatoms. The number of alkyl halides is 3. The number of nitrogens with zero attached hydrogens (tertiary/aromatic N) is 6. The number of aromatic nitrogens is 3. The van der Waals surface area contributed by atoms with Crippen LogP contribution in [0.2, 0.25) is 5.02 Å². The first-order chi connectivity index (χ1) is 17.3. The van der Waals surface area contributed by atoms with Crippen LogP contribution in [-0.4, -0.2) is 70.1 Å². The van der Waals surface area contributed by atoms with Crippen LogP contribution in [0.3, 0.4) is 0 Å². The van der Waals surface area contributed by atoms with Crippen LogP contribution in [0.1, 0.15) is 18.4 Å². The Balaban J connectivity index is 1.43. The highest BCUT2D eigenvalue weighted by Crippen LogP contribution is 2.36. The minimum Gasteiger partial charge on any atom is -0.352 e. The van der Waals surface area contributed by atoms with Crippen molar-refractivity contribution >= 4 is 23.4 Å². The first-order valence-electron chi connectivity index (χ1n) is 11.7. The highest BCUT2D eigenvalue weighted by molar-refractivity contribution is 6.33. The van der Waals surface area contributed by atoms with Crippen molar-refractivity contribution in [3.63, 3.8) is 0 Å². The summed E-state index contributed by atoms with van der Waals surface area (Å²) < 4.78 is 39.2. The highest BCUT2D eigenvalue weighted by Gasteiger charge is 2.31. The van der Waals surface area contributed by atoms with Crippen molar-refractivity contribution in [2.24, 2.45) is 0 Å². The Morgan fingerprint density at radius 1 is 0.861 bits per heavy atom. The third-order valence-electron chi connectivity index (χ3n) is 6.52. The Kier molecular flexibility index (Phi) is 6.70. The summed E-state index contributed by atoms with van der Waals surface area (Å²) in [4.78, 5) is 32.0. The van der Waals surface area contributed by atoms with Crippen molar-refractivity contribution in [3.8, 4) is 22.5 Å². The number of rotatable bonds is 3. The van der Waals surface area contributed by atoms with Gasteiger partial charge in [0.25, 0.3) is 0 Å². The summed E-state index contributed by atoms with van der Waals surface area (Å²) in [6, 6.07) is 6.61. The first kappa shape index (κ1) is 24.3. The lowest BCUT2D eigenvalue weighted by Crippen LogP contribution is -2.52. The quantitative estimate of drug-likeness (QED) is 0.478. The summed E-state index contributed by atoms with van der Waals surface area (Å²) in [5, 5.41) is 0.359. The van der Waals surface area contributed by atoms with Gasteiger partial charge in [-0.2, -0.15) is 13.2 Å². The average molecular weight is 517 g/mol. The molecule has 0 spiro atoms. The number of piperazine rings is 1. The van der Waals surface area contributed by atoms with Crippen molar-refractivity contribution in [3.05, 3.63) is 59.5 Å². The summed E-state index contributed by atoms with van der Waals surface area (Å²) in [6.45, 7) is 3.96. The second kappa shape index (κ2) is 9.93. The Morgan fingerprint density at radius 2 is 1.53 bits per heavy atom. The maximum atomic E-state index is 13.1. The summed E-state index contributed by atoms with van der Waals surface area (Å²) in [5.41, 5.74) is 1.21. The van der Waals surface area contributed by atoms with E-state index in [2.05, 4.69) is 14.9 Å². The Morgan fingerprint density at radius 3 is 2.17 bits per heavy atom. The molecule has 2 aliphatic rings. The number of hydrogen-bond acceptors (Lipinski definition) is 5. The molecule has 0 bridgehead atoms. The van der Waals surface area contributed by atoms with Gasteiger partial charge in [0, 0.05) is 62.8 Å². The molecule has 2 aromatic heterocycles. The molecule has 2 amide bonds. The normalized spacial score (nSPS) is 16.5. The van der Waals surface area contributed by atoms with E-state index in [0.717, 1.165) is 38.1 Å². The number of hydrogen-bond donors (Lipinski definition) is 0. The molecular weight excluding hydrogens is 493 g/mol. The van der Waals surface area contributed by atoms with Gasteiger partial charge in [-0.15, -0.1) is 0 Å². The van der Waals surface area contributed by atoms with Crippen molar-refractivity contribution in [1.29, 1.82) is 0 Å². The van der Waals surface area contributed by atoms with E-state index in [-0.39, 0.29) is 6.03 Å². The molecule has 0 aliphatic carbocycles. The molecule has 188 valence electrons. The molecule has 0 saturated carbocycles.